The minimum absolute atomic E-state index is 0.0175. The summed E-state index contributed by atoms with van der Waals surface area (Å²) >= 11 is 1.49. The number of amides is 2. The number of hydrogen-bond donors (Lipinski definition) is 2. The molecule has 0 aliphatic carbocycles. The molecule has 1 aliphatic heterocycles. The molecule has 8 heteroatoms. The molecule has 0 spiro atoms. The van der Waals surface area contributed by atoms with Gasteiger partial charge in [0, 0.05) is 6.54 Å². The molecule has 2 rings (SSSR count). The van der Waals surface area contributed by atoms with E-state index < -0.39 is 5.97 Å². The van der Waals surface area contributed by atoms with Crippen LogP contribution in [-0.4, -0.2) is 59.6 Å². The third kappa shape index (κ3) is 4.62. The summed E-state index contributed by atoms with van der Waals surface area (Å²) in [6, 6.07) is 4.64. The first-order valence-electron chi connectivity index (χ1n) is 7.03. The van der Waals surface area contributed by atoms with E-state index in [1.807, 2.05) is 0 Å². The lowest BCUT2D eigenvalue weighted by Gasteiger charge is -2.14. The van der Waals surface area contributed by atoms with Crippen LogP contribution in [0.3, 0.4) is 0 Å². The first-order chi connectivity index (χ1) is 11.0. The van der Waals surface area contributed by atoms with Crippen LogP contribution >= 0.6 is 11.8 Å². The lowest BCUT2D eigenvalue weighted by molar-refractivity contribution is -0.132. The van der Waals surface area contributed by atoms with Crippen LogP contribution in [0.25, 0.3) is 0 Å². The minimum Gasteiger partial charge on any atom is -0.496 e. The second-order valence-electron chi connectivity index (χ2n) is 5.00. The molecular weight excluding hydrogens is 320 g/mol. The van der Waals surface area contributed by atoms with E-state index in [0.717, 1.165) is 5.56 Å². The van der Waals surface area contributed by atoms with Crippen LogP contribution in [0, 0.1) is 0 Å². The van der Waals surface area contributed by atoms with E-state index in [-0.39, 0.29) is 23.9 Å². The van der Waals surface area contributed by atoms with Crippen molar-refractivity contribution >= 4 is 29.5 Å². The number of benzene rings is 1. The number of nitrogens with one attached hydrogen (secondary N) is 1. The van der Waals surface area contributed by atoms with Gasteiger partial charge in [-0.1, -0.05) is 6.07 Å². The number of carbonyl (C=O) groups excluding carboxylic acids is 2. The average molecular weight is 338 g/mol. The molecule has 23 heavy (non-hydrogen) atoms. The van der Waals surface area contributed by atoms with Gasteiger partial charge in [-0.05, 0) is 24.1 Å². The van der Waals surface area contributed by atoms with Crippen LogP contribution in [0.5, 0.6) is 5.75 Å². The Morgan fingerprint density at radius 3 is 2.83 bits per heavy atom. The Hall–Kier alpha value is -2.22. The highest BCUT2D eigenvalue weighted by atomic mass is 32.2. The quantitative estimate of drug-likeness (QED) is 0.755. The van der Waals surface area contributed by atoms with E-state index in [1.54, 1.807) is 6.07 Å². The molecule has 1 heterocycles. The maximum atomic E-state index is 11.8. The molecule has 2 N–H and O–H groups in total. The van der Waals surface area contributed by atoms with Crippen LogP contribution in [0.15, 0.2) is 18.2 Å². The van der Waals surface area contributed by atoms with Gasteiger partial charge in [0.1, 0.15) is 12.3 Å². The third-order valence-corrected chi connectivity index (χ3v) is 4.36. The molecule has 0 atom stereocenters. The van der Waals surface area contributed by atoms with Crippen LogP contribution in [-0.2, 0) is 16.0 Å². The normalized spacial score (nSPS) is 14.0. The van der Waals surface area contributed by atoms with Crippen LogP contribution in [0.1, 0.15) is 15.9 Å². The maximum Gasteiger partial charge on any atom is 0.335 e. The predicted molar refractivity (Wildman–Crippen MR) is 85.7 cm³/mol. The summed E-state index contributed by atoms with van der Waals surface area (Å²) in [4.78, 5) is 35.7. The van der Waals surface area contributed by atoms with Gasteiger partial charge in [0.2, 0.25) is 11.8 Å². The number of thioether (sulfide) groups is 1. The Labute approximate surface area is 138 Å². The van der Waals surface area contributed by atoms with Crippen LogP contribution < -0.4 is 10.1 Å². The number of carbonyl (C=O) groups is 3. The maximum absolute atomic E-state index is 11.8. The number of methoxy groups -OCH3 is 1. The molecule has 124 valence electrons. The predicted octanol–water partition coefficient (Wildman–Crippen LogP) is 0.585. The van der Waals surface area contributed by atoms with E-state index in [2.05, 4.69) is 5.32 Å². The molecule has 0 radical (unpaired) electrons. The number of carboxylic acids is 1. The largest absolute Gasteiger partial charge is 0.496 e. The van der Waals surface area contributed by atoms with Gasteiger partial charge in [0.25, 0.3) is 0 Å². The summed E-state index contributed by atoms with van der Waals surface area (Å²) in [5.41, 5.74) is 0.963. The van der Waals surface area contributed by atoms with Gasteiger partial charge in [-0.25, -0.2) is 4.79 Å². The number of aromatic carboxylic acids is 1. The standard InChI is InChI=1S/C15H18N2O5S/c1-22-12-6-11(15(20)21)3-2-10(12)4-5-16-13(18)7-17-9-23-8-14(17)19/h2-3,6H,4-5,7-9H2,1H3,(H,16,18)(H,20,21). The van der Waals surface area contributed by atoms with Gasteiger partial charge >= 0.3 is 5.97 Å². The van der Waals surface area contributed by atoms with E-state index in [1.165, 1.54) is 35.9 Å². The fourth-order valence-corrected chi connectivity index (χ4v) is 3.09. The van der Waals surface area contributed by atoms with E-state index in [4.69, 9.17) is 9.84 Å². The highest BCUT2D eigenvalue weighted by Crippen LogP contribution is 2.20. The van der Waals surface area contributed by atoms with Crippen molar-refractivity contribution in [2.45, 2.75) is 6.42 Å². The smallest absolute Gasteiger partial charge is 0.335 e. The van der Waals surface area contributed by atoms with Crippen molar-refractivity contribution in [1.29, 1.82) is 0 Å². The Kier molecular flexibility index (Phi) is 5.86. The molecule has 7 nitrogen and oxygen atoms in total. The zero-order valence-corrected chi connectivity index (χ0v) is 13.5. The van der Waals surface area contributed by atoms with Gasteiger partial charge in [-0.15, -0.1) is 11.8 Å². The number of nitrogens with zero attached hydrogens (tertiary/aromatic N) is 1. The first-order valence-corrected chi connectivity index (χ1v) is 8.19. The monoisotopic (exact) mass is 338 g/mol. The zero-order chi connectivity index (χ0) is 16.8. The van der Waals surface area contributed by atoms with Gasteiger partial charge < -0.3 is 20.1 Å². The summed E-state index contributed by atoms with van der Waals surface area (Å²) in [5.74, 6) is 0.219. The van der Waals surface area contributed by atoms with Gasteiger partial charge in [0.15, 0.2) is 0 Å². The highest BCUT2D eigenvalue weighted by molar-refractivity contribution is 8.00. The second-order valence-corrected chi connectivity index (χ2v) is 5.96. The van der Waals surface area contributed by atoms with Crippen molar-refractivity contribution < 1.29 is 24.2 Å². The molecular formula is C15H18N2O5S. The Bertz CT molecular complexity index is 620. The summed E-state index contributed by atoms with van der Waals surface area (Å²) in [6.45, 7) is 0.456. The summed E-state index contributed by atoms with van der Waals surface area (Å²) in [7, 11) is 1.47. The summed E-state index contributed by atoms with van der Waals surface area (Å²) in [6.07, 6.45) is 0.511. The molecule has 1 aliphatic rings. The van der Waals surface area contributed by atoms with E-state index in [9.17, 15) is 14.4 Å². The zero-order valence-electron chi connectivity index (χ0n) is 12.7. The van der Waals surface area contributed by atoms with E-state index >= 15 is 0 Å². The van der Waals surface area contributed by atoms with Crippen molar-refractivity contribution in [3.63, 3.8) is 0 Å². The lowest BCUT2D eigenvalue weighted by atomic mass is 10.1. The van der Waals surface area contributed by atoms with Crippen molar-refractivity contribution in [2.24, 2.45) is 0 Å². The van der Waals surface area contributed by atoms with Gasteiger partial charge in [0.05, 0.1) is 24.3 Å². The summed E-state index contributed by atoms with van der Waals surface area (Å²) < 4.78 is 5.18. The van der Waals surface area contributed by atoms with Crippen molar-refractivity contribution in [3.05, 3.63) is 29.3 Å². The van der Waals surface area contributed by atoms with Crippen LogP contribution in [0.2, 0.25) is 0 Å². The molecule has 2 amide bonds. The second kappa shape index (κ2) is 7.87. The lowest BCUT2D eigenvalue weighted by Crippen LogP contribution is -2.38. The summed E-state index contributed by atoms with van der Waals surface area (Å²) in [5, 5.41) is 11.7. The molecule has 1 aromatic rings. The van der Waals surface area contributed by atoms with Gasteiger partial charge in [-0.3, -0.25) is 9.59 Å². The minimum atomic E-state index is -1.02. The van der Waals surface area contributed by atoms with Crippen molar-refractivity contribution in [2.75, 3.05) is 31.8 Å². The number of hydrogen-bond acceptors (Lipinski definition) is 5. The molecule has 0 aromatic heterocycles. The molecule has 1 aromatic carbocycles. The topological polar surface area (TPSA) is 95.9 Å². The van der Waals surface area contributed by atoms with Crippen molar-refractivity contribution in [3.8, 4) is 5.75 Å². The Morgan fingerprint density at radius 1 is 1.43 bits per heavy atom. The highest BCUT2D eigenvalue weighted by Gasteiger charge is 2.22. The number of carboxylic acid groups (broad SMARTS) is 1. The fourth-order valence-electron chi connectivity index (χ4n) is 2.19. The molecule has 1 saturated heterocycles. The third-order valence-electron chi connectivity index (χ3n) is 3.41. The van der Waals surface area contributed by atoms with Crippen molar-refractivity contribution in [1.82, 2.24) is 10.2 Å². The van der Waals surface area contributed by atoms with E-state index in [0.29, 0.717) is 30.3 Å². The number of ether oxygens (including phenoxy) is 1. The van der Waals surface area contributed by atoms with Crippen LogP contribution in [0.4, 0.5) is 0 Å². The fraction of sp³-hybridized carbons (Fsp3) is 0.400. The molecule has 0 unspecified atom stereocenters. The number of rotatable bonds is 7. The molecule has 0 bridgehead atoms. The molecule has 0 saturated carbocycles. The van der Waals surface area contributed by atoms with Gasteiger partial charge in [-0.2, -0.15) is 0 Å². The Morgan fingerprint density at radius 2 is 2.22 bits per heavy atom. The average Bonchev–Trinajstić information content (AvgIpc) is 2.92. The molecule has 1 fully saturated rings. The SMILES string of the molecule is COc1cc(C(=O)O)ccc1CCNC(=O)CN1CSCC1=O. The first kappa shape index (κ1) is 17.1. The Balaban J connectivity index is 1.84.